The summed E-state index contributed by atoms with van der Waals surface area (Å²) in [6.45, 7) is 7.50. The number of piperidine rings is 1. The van der Waals surface area contributed by atoms with Crippen LogP contribution in [0.4, 0.5) is 0 Å². The third-order valence-corrected chi connectivity index (χ3v) is 5.13. The van der Waals surface area contributed by atoms with Crippen LogP contribution in [-0.2, 0) is 6.42 Å². The van der Waals surface area contributed by atoms with Gasteiger partial charge < -0.3 is 14.7 Å². The Labute approximate surface area is 184 Å². The van der Waals surface area contributed by atoms with Crippen LogP contribution in [0.25, 0.3) is 11.6 Å². The SMILES string of the molecule is CCCC1(C)CCCN(C(=NC)NCCc2noc(-c3ccccn3)n2)C1.I. The van der Waals surface area contributed by atoms with Crippen molar-refractivity contribution in [2.45, 2.75) is 46.0 Å². The van der Waals surface area contributed by atoms with Gasteiger partial charge in [0.2, 0.25) is 0 Å². The number of nitrogens with zero attached hydrogens (tertiary/aromatic N) is 5. The fourth-order valence-corrected chi connectivity index (χ4v) is 3.87. The molecule has 0 aromatic carbocycles. The number of hydrogen-bond acceptors (Lipinski definition) is 5. The third kappa shape index (κ3) is 5.89. The van der Waals surface area contributed by atoms with Crippen LogP contribution in [-0.4, -0.2) is 52.7 Å². The summed E-state index contributed by atoms with van der Waals surface area (Å²) in [5.74, 6) is 2.10. The van der Waals surface area contributed by atoms with Gasteiger partial charge >= 0.3 is 0 Å². The first kappa shape index (κ1) is 22.6. The largest absolute Gasteiger partial charge is 0.356 e. The highest BCUT2D eigenvalue weighted by Gasteiger charge is 2.31. The molecule has 2 aromatic heterocycles. The molecule has 2 aromatic rings. The molecule has 1 aliphatic rings. The summed E-state index contributed by atoms with van der Waals surface area (Å²) >= 11 is 0. The molecule has 154 valence electrons. The summed E-state index contributed by atoms with van der Waals surface area (Å²) in [5.41, 5.74) is 1.08. The summed E-state index contributed by atoms with van der Waals surface area (Å²) in [4.78, 5) is 15.5. The summed E-state index contributed by atoms with van der Waals surface area (Å²) in [6, 6.07) is 5.63. The molecule has 3 rings (SSSR count). The topological polar surface area (TPSA) is 79.4 Å². The van der Waals surface area contributed by atoms with Crippen LogP contribution in [0.1, 0.15) is 45.4 Å². The summed E-state index contributed by atoms with van der Waals surface area (Å²) in [7, 11) is 1.85. The second-order valence-corrected chi connectivity index (χ2v) is 7.54. The van der Waals surface area contributed by atoms with Gasteiger partial charge in [0.15, 0.2) is 11.8 Å². The lowest BCUT2D eigenvalue weighted by Crippen LogP contribution is -2.50. The third-order valence-electron chi connectivity index (χ3n) is 5.13. The predicted molar refractivity (Wildman–Crippen MR) is 122 cm³/mol. The number of halogens is 1. The first-order valence-electron chi connectivity index (χ1n) is 9.83. The monoisotopic (exact) mass is 498 g/mol. The van der Waals surface area contributed by atoms with Crippen molar-refractivity contribution < 1.29 is 4.52 Å². The van der Waals surface area contributed by atoms with Gasteiger partial charge in [-0.25, -0.2) is 0 Å². The Morgan fingerprint density at radius 1 is 1.39 bits per heavy atom. The number of rotatable bonds is 6. The van der Waals surface area contributed by atoms with Crippen LogP contribution in [0, 0.1) is 5.41 Å². The predicted octanol–water partition coefficient (Wildman–Crippen LogP) is 3.77. The van der Waals surface area contributed by atoms with Gasteiger partial charge in [-0.05, 0) is 36.8 Å². The van der Waals surface area contributed by atoms with E-state index in [1.807, 2.05) is 25.2 Å². The van der Waals surface area contributed by atoms with Crippen molar-refractivity contribution in [3.8, 4) is 11.6 Å². The zero-order valence-electron chi connectivity index (χ0n) is 17.0. The van der Waals surface area contributed by atoms with E-state index in [2.05, 4.69) is 44.2 Å². The molecule has 0 amide bonds. The normalized spacial score (nSPS) is 20.0. The summed E-state index contributed by atoms with van der Waals surface area (Å²) in [6.07, 6.45) is 7.40. The second-order valence-electron chi connectivity index (χ2n) is 7.54. The van der Waals surface area contributed by atoms with E-state index >= 15 is 0 Å². The molecule has 0 radical (unpaired) electrons. The Kier molecular flexibility index (Phi) is 8.65. The van der Waals surface area contributed by atoms with E-state index in [0.717, 1.165) is 25.6 Å². The molecule has 0 saturated carbocycles. The maximum absolute atomic E-state index is 5.31. The minimum absolute atomic E-state index is 0. The lowest BCUT2D eigenvalue weighted by Gasteiger charge is -2.42. The van der Waals surface area contributed by atoms with Crippen LogP contribution < -0.4 is 5.32 Å². The number of likely N-dealkylation sites (tertiary alicyclic amines) is 1. The van der Waals surface area contributed by atoms with Crippen molar-refractivity contribution >= 4 is 29.9 Å². The van der Waals surface area contributed by atoms with Gasteiger partial charge in [-0.15, -0.1) is 24.0 Å². The number of aromatic nitrogens is 3. The zero-order chi connectivity index (χ0) is 19.1. The number of aliphatic imine (C=N–C) groups is 1. The molecule has 0 spiro atoms. The zero-order valence-corrected chi connectivity index (χ0v) is 19.3. The number of pyridine rings is 1. The molecule has 1 N–H and O–H groups in total. The molecule has 1 fully saturated rings. The molecular formula is C20H31IN6O. The van der Waals surface area contributed by atoms with Gasteiger partial charge in [0.05, 0.1) is 0 Å². The second kappa shape index (κ2) is 10.7. The van der Waals surface area contributed by atoms with Gasteiger partial charge in [0, 0.05) is 39.3 Å². The van der Waals surface area contributed by atoms with Crippen LogP contribution >= 0.6 is 24.0 Å². The Morgan fingerprint density at radius 2 is 2.25 bits per heavy atom. The minimum Gasteiger partial charge on any atom is -0.356 e. The first-order valence-corrected chi connectivity index (χ1v) is 9.83. The lowest BCUT2D eigenvalue weighted by molar-refractivity contribution is 0.142. The van der Waals surface area contributed by atoms with E-state index in [-0.39, 0.29) is 24.0 Å². The summed E-state index contributed by atoms with van der Waals surface area (Å²) < 4.78 is 5.31. The van der Waals surface area contributed by atoms with Crippen molar-refractivity contribution in [2.24, 2.45) is 10.4 Å². The Balaban J connectivity index is 0.00000280. The van der Waals surface area contributed by atoms with Crippen molar-refractivity contribution in [3.05, 3.63) is 30.2 Å². The van der Waals surface area contributed by atoms with E-state index in [1.165, 1.54) is 25.7 Å². The smallest absolute Gasteiger partial charge is 0.276 e. The van der Waals surface area contributed by atoms with Crippen molar-refractivity contribution in [2.75, 3.05) is 26.7 Å². The average molecular weight is 498 g/mol. The van der Waals surface area contributed by atoms with Gasteiger partial charge in [-0.1, -0.05) is 31.5 Å². The quantitative estimate of drug-likeness (QED) is 0.371. The fourth-order valence-electron chi connectivity index (χ4n) is 3.87. The van der Waals surface area contributed by atoms with E-state index in [9.17, 15) is 0 Å². The Morgan fingerprint density at radius 3 is 2.96 bits per heavy atom. The fraction of sp³-hybridized carbons (Fsp3) is 0.600. The first-order chi connectivity index (χ1) is 13.1. The maximum atomic E-state index is 5.31. The lowest BCUT2D eigenvalue weighted by atomic mass is 9.78. The van der Waals surface area contributed by atoms with E-state index < -0.39 is 0 Å². The highest BCUT2D eigenvalue weighted by Crippen LogP contribution is 2.33. The molecule has 0 bridgehead atoms. The van der Waals surface area contributed by atoms with Gasteiger partial charge in [-0.3, -0.25) is 9.98 Å². The van der Waals surface area contributed by atoms with Crippen LogP contribution in [0.3, 0.4) is 0 Å². The van der Waals surface area contributed by atoms with Gasteiger partial charge in [0.25, 0.3) is 5.89 Å². The molecule has 3 heterocycles. The van der Waals surface area contributed by atoms with Crippen LogP contribution in [0.2, 0.25) is 0 Å². The van der Waals surface area contributed by atoms with E-state index in [1.54, 1.807) is 6.20 Å². The van der Waals surface area contributed by atoms with E-state index in [4.69, 9.17) is 4.52 Å². The minimum atomic E-state index is 0. The van der Waals surface area contributed by atoms with Gasteiger partial charge in [-0.2, -0.15) is 4.98 Å². The van der Waals surface area contributed by atoms with Gasteiger partial charge in [0.1, 0.15) is 5.69 Å². The molecule has 1 aliphatic heterocycles. The van der Waals surface area contributed by atoms with Crippen molar-refractivity contribution in [3.63, 3.8) is 0 Å². The molecule has 1 unspecified atom stereocenters. The standard InChI is InChI=1S/C20H30N6O.HI/c1-4-10-20(2)11-7-14-26(15-20)19(21-3)23-13-9-17-24-18(27-25-17)16-8-5-6-12-22-16;/h5-6,8,12H,4,7,9-11,13-15H2,1-3H3,(H,21,23);1H. The average Bonchev–Trinajstić information content (AvgIpc) is 3.15. The number of hydrogen-bond donors (Lipinski definition) is 1. The molecule has 0 aliphatic carbocycles. The van der Waals surface area contributed by atoms with Crippen LogP contribution in [0.5, 0.6) is 0 Å². The summed E-state index contributed by atoms with van der Waals surface area (Å²) in [5, 5.41) is 7.51. The molecule has 8 heteroatoms. The molecule has 1 saturated heterocycles. The number of guanidine groups is 1. The Bertz CT molecular complexity index is 746. The molecule has 1 atom stereocenters. The highest BCUT2D eigenvalue weighted by atomic mass is 127. The highest BCUT2D eigenvalue weighted by molar-refractivity contribution is 14.0. The Hall–Kier alpha value is -1.71. The van der Waals surface area contributed by atoms with Crippen LogP contribution in [0.15, 0.2) is 33.9 Å². The van der Waals surface area contributed by atoms with E-state index in [0.29, 0.717) is 29.2 Å². The van der Waals surface area contributed by atoms with Crippen molar-refractivity contribution in [1.82, 2.24) is 25.3 Å². The molecular weight excluding hydrogens is 467 g/mol. The molecule has 28 heavy (non-hydrogen) atoms. The van der Waals surface area contributed by atoms with Crippen molar-refractivity contribution in [1.29, 1.82) is 0 Å². The maximum Gasteiger partial charge on any atom is 0.276 e. The molecule has 7 nitrogen and oxygen atoms in total. The number of nitrogens with one attached hydrogen (secondary N) is 1.